The minimum absolute atomic E-state index is 0.0308. The van der Waals surface area contributed by atoms with E-state index in [1.807, 2.05) is 32.9 Å². The summed E-state index contributed by atoms with van der Waals surface area (Å²) in [6.45, 7) is 7.74. The molecule has 10 heteroatoms. The first kappa shape index (κ1) is 23.6. The highest BCUT2D eigenvalue weighted by molar-refractivity contribution is 7.21. The molecule has 190 valence electrons. The van der Waals surface area contributed by atoms with Gasteiger partial charge in [-0.15, -0.1) is 11.3 Å². The van der Waals surface area contributed by atoms with E-state index in [2.05, 4.69) is 21.3 Å². The van der Waals surface area contributed by atoms with E-state index in [0.29, 0.717) is 30.3 Å². The van der Waals surface area contributed by atoms with Crippen LogP contribution >= 0.6 is 11.3 Å². The monoisotopic (exact) mass is 508 g/mol. The van der Waals surface area contributed by atoms with Gasteiger partial charge in [-0.25, -0.2) is 9.97 Å². The first-order chi connectivity index (χ1) is 17.2. The number of nitrogens with two attached hydrogens (primary N) is 2. The molecule has 6 rings (SSSR count). The van der Waals surface area contributed by atoms with Crippen LogP contribution in [0.15, 0.2) is 18.2 Å². The van der Waals surface area contributed by atoms with Crippen molar-refractivity contribution in [3.63, 3.8) is 0 Å². The number of ether oxygens (including phenoxy) is 2. The van der Waals surface area contributed by atoms with Gasteiger partial charge in [0.15, 0.2) is 0 Å². The van der Waals surface area contributed by atoms with Gasteiger partial charge < -0.3 is 31.2 Å². The molecule has 0 bridgehead atoms. The third kappa shape index (κ3) is 3.92. The van der Waals surface area contributed by atoms with E-state index in [0.717, 1.165) is 57.8 Å². The number of aryl methyl sites for hydroxylation is 3. The van der Waals surface area contributed by atoms with E-state index >= 15 is 0 Å². The molecule has 5 heterocycles. The van der Waals surface area contributed by atoms with E-state index in [-0.39, 0.29) is 24.1 Å². The molecule has 3 aliphatic rings. The lowest BCUT2D eigenvalue weighted by Gasteiger charge is -2.27. The van der Waals surface area contributed by atoms with Gasteiger partial charge >= 0.3 is 0 Å². The number of rotatable bonds is 3. The second-order valence-electron chi connectivity index (χ2n) is 10.3. The summed E-state index contributed by atoms with van der Waals surface area (Å²) in [5.74, 6) is 0.0207. The molecule has 3 aromatic heterocycles. The number of carbonyl (C=O) groups excluding carboxylic acids is 1. The van der Waals surface area contributed by atoms with Crippen molar-refractivity contribution in [3.8, 4) is 0 Å². The molecular weight excluding hydrogens is 476 g/mol. The van der Waals surface area contributed by atoms with Crippen LogP contribution in [0.2, 0.25) is 0 Å². The average molecular weight is 509 g/mol. The zero-order chi connectivity index (χ0) is 25.2. The molecule has 0 radical (unpaired) electrons. The van der Waals surface area contributed by atoms with Crippen LogP contribution in [-0.2, 0) is 22.3 Å². The van der Waals surface area contributed by atoms with Gasteiger partial charge in [0.05, 0.1) is 31.0 Å². The molecule has 1 spiro atoms. The van der Waals surface area contributed by atoms with Gasteiger partial charge in [0.1, 0.15) is 15.5 Å². The molecule has 4 atom stereocenters. The van der Waals surface area contributed by atoms with E-state index in [1.165, 1.54) is 11.3 Å². The molecule has 3 aromatic rings. The molecule has 2 fully saturated rings. The van der Waals surface area contributed by atoms with Crippen molar-refractivity contribution >= 4 is 39.0 Å². The predicted molar refractivity (Wildman–Crippen MR) is 140 cm³/mol. The van der Waals surface area contributed by atoms with E-state index in [1.54, 1.807) is 0 Å². The van der Waals surface area contributed by atoms with Crippen LogP contribution in [0.4, 0.5) is 11.5 Å². The standard InChI is InChI=1S/C26H32N6O3S/c1-13-8-14(2)29-25-21(13)22(28)23(36-25)24(33)30-17-5-6-18-16(9-17)4-7-20(31-18)32-10-19(27)26(12-32)34-11-15(3)35-26/h4,7-8,15,17,19H,5-6,9-12,27-28H2,1-3H3,(H,30,33). The Morgan fingerprint density at radius 2 is 2.14 bits per heavy atom. The Kier molecular flexibility index (Phi) is 5.67. The minimum atomic E-state index is -0.742. The second-order valence-corrected chi connectivity index (χ2v) is 11.3. The summed E-state index contributed by atoms with van der Waals surface area (Å²) in [6, 6.07) is 5.96. The fraction of sp³-hybridized carbons (Fsp3) is 0.500. The molecule has 1 amide bonds. The summed E-state index contributed by atoms with van der Waals surface area (Å²) < 4.78 is 12.0. The molecule has 1 aliphatic carbocycles. The van der Waals surface area contributed by atoms with Crippen LogP contribution in [0, 0.1) is 13.8 Å². The maximum absolute atomic E-state index is 13.2. The first-order valence-corrected chi connectivity index (χ1v) is 13.3. The van der Waals surface area contributed by atoms with Gasteiger partial charge in [-0.2, -0.15) is 0 Å². The number of hydrogen-bond donors (Lipinski definition) is 3. The maximum atomic E-state index is 13.2. The second kappa shape index (κ2) is 8.65. The number of anilines is 2. The van der Waals surface area contributed by atoms with Gasteiger partial charge in [0, 0.05) is 29.4 Å². The minimum Gasteiger partial charge on any atom is -0.397 e. The maximum Gasteiger partial charge on any atom is 0.263 e. The van der Waals surface area contributed by atoms with Crippen LogP contribution in [0.3, 0.4) is 0 Å². The number of amides is 1. The third-order valence-corrected chi connectivity index (χ3v) is 8.59. The van der Waals surface area contributed by atoms with Crippen molar-refractivity contribution in [1.29, 1.82) is 0 Å². The quantitative estimate of drug-likeness (QED) is 0.492. The largest absolute Gasteiger partial charge is 0.397 e. The Morgan fingerprint density at radius 3 is 2.92 bits per heavy atom. The predicted octanol–water partition coefficient (Wildman–Crippen LogP) is 2.46. The molecule has 36 heavy (non-hydrogen) atoms. The number of thiophene rings is 1. The lowest BCUT2D eigenvalue weighted by molar-refractivity contribution is -0.157. The third-order valence-electron chi connectivity index (χ3n) is 7.50. The first-order valence-electron chi connectivity index (χ1n) is 12.5. The molecule has 5 N–H and O–H groups in total. The fourth-order valence-corrected chi connectivity index (χ4v) is 6.85. The number of fused-ring (bicyclic) bond motifs is 2. The summed E-state index contributed by atoms with van der Waals surface area (Å²) >= 11 is 1.36. The summed E-state index contributed by atoms with van der Waals surface area (Å²) in [6.07, 6.45) is 2.41. The van der Waals surface area contributed by atoms with Crippen molar-refractivity contribution < 1.29 is 14.3 Å². The lowest BCUT2D eigenvalue weighted by Crippen LogP contribution is -2.48. The van der Waals surface area contributed by atoms with Crippen molar-refractivity contribution in [3.05, 3.63) is 45.6 Å². The molecule has 2 aliphatic heterocycles. The van der Waals surface area contributed by atoms with Gasteiger partial charge in [-0.1, -0.05) is 6.07 Å². The zero-order valence-corrected chi connectivity index (χ0v) is 21.7. The highest BCUT2D eigenvalue weighted by Gasteiger charge is 2.52. The van der Waals surface area contributed by atoms with Crippen LogP contribution in [0.25, 0.3) is 10.2 Å². The summed E-state index contributed by atoms with van der Waals surface area (Å²) in [4.78, 5) is 26.2. The van der Waals surface area contributed by atoms with E-state index < -0.39 is 5.79 Å². The van der Waals surface area contributed by atoms with Crippen LogP contribution in [0.5, 0.6) is 0 Å². The molecule has 4 unspecified atom stereocenters. The smallest absolute Gasteiger partial charge is 0.263 e. The van der Waals surface area contributed by atoms with Gasteiger partial charge in [0.25, 0.3) is 5.91 Å². The lowest BCUT2D eigenvalue weighted by atomic mass is 9.91. The number of nitrogens with zero attached hydrogens (tertiary/aromatic N) is 3. The number of pyridine rings is 2. The SMILES string of the molecule is Cc1cc(C)c2c(N)c(C(=O)NC3CCc4nc(N5CC(N)C6(C5)OCC(C)O6)ccc4C3)sc2n1. The van der Waals surface area contributed by atoms with Crippen molar-refractivity contribution in [2.75, 3.05) is 30.3 Å². The highest BCUT2D eigenvalue weighted by atomic mass is 32.1. The Hall–Kier alpha value is -2.79. The number of aromatic nitrogens is 2. The number of nitrogens with one attached hydrogen (secondary N) is 1. The van der Waals surface area contributed by atoms with E-state index in [4.69, 9.17) is 25.9 Å². The van der Waals surface area contributed by atoms with Crippen LogP contribution in [-0.4, -0.2) is 59.5 Å². The van der Waals surface area contributed by atoms with E-state index in [9.17, 15) is 4.79 Å². The van der Waals surface area contributed by atoms with Gasteiger partial charge in [-0.05, 0) is 63.3 Å². The summed E-state index contributed by atoms with van der Waals surface area (Å²) in [5.41, 5.74) is 17.5. The summed E-state index contributed by atoms with van der Waals surface area (Å²) in [7, 11) is 0. The Morgan fingerprint density at radius 1 is 1.31 bits per heavy atom. The van der Waals surface area contributed by atoms with Crippen molar-refractivity contribution in [2.45, 2.75) is 64.0 Å². The van der Waals surface area contributed by atoms with Crippen LogP contribution in [0.1, 0.15) is 45.5 Å². The topological polar surface area (TPSA) is 129 Å². The number of carbonyl (C=O) groups is 1. The highest BCUT2D eigenvalue weighted by Crippen LogP contribution is 2.36. The Bertz CT molecular complexity index is 1360. The van der Waals surface area contributed by atoms with Crippen molar-refractivity contribution in [2.24, 2.45) is 5.73 Å². The Balaban J connectivity index is 1.15. The zero-order valence-electron chi connectivity index (χ0n) is 20.8. The van der Waals surface area contributed by atoms with Crippen molar-refractivity contribution in [1.82, 2.24) is 15.3 Å². The average Bonchev–Trinajstić information content (AvgIpc) is 3.48. The number of nitrogen functional groups attached to an aromatic ring is 1. The molecular formula is C26H32N6O3S. The molecule has 2 saturated heterocycles. The Labute approximate surface area is 214 Å². The fourth-order valence-electron chi connectivity index (χ4n) is 5.73. The van der Waals surface area contributed by atoms with Gasteiger partial charge in [0.2, 0.25) is 5.79 Å². The molecule has 9 nitrogen and oxygen atoms in total. The summed E-state index contributed by atoms with van der Waals surface area (Å²) in [5, 5.41) is 4.08. The normalized spacial score (nSPS) is 27.7. The van der Waals surface area contributed by atoms with Gasteiger partial charge in [-0.3, -0.25) is 4.79 Å². The number of hydrogen-bond acceptors (Lipinski definition) is 9. The molecule has 0 aromatic carbocycles. The van der Waals surface area contributed by atoms with Crippen LogP contribution < -0.4 is 21.7 Å². The molecule has 0 saturated carbocycles.